The third-order valence-electron chi connectivity index (χ3n) is 8.11. The average molecular weight is 511 g/mol. The molecule has 0 saturated carbocycles. The fourth-order valence-electron chi connectivity index (χ4n) is 6.00. The molecule has 4 aliphatic heterocycles. The molecule has 4 fully saturated rings. The van der Waals surface area contributed by atoms with Crippen molar-refractivity contribution >= 4 is 23.2 Å². The van der Waals surface area contributed by atoms with Gasteiger partial charge in [-0.25, -0.2) is 14.5 Å². The summed E-state index contributed by atoms with van der Waals surface area (Å²) in [5.41, 5.74) is 5.84. The van der Waals surface area contributed by atoms with Crippen molar-refractivity contribution in [2.45, 2.75) is 31.2 Å². The van der Waals surface area contributed by atoms with Crippen LogP contribution >= 0.6 is 0 Å². The molecule has 2 bridgehead atoms. The molecule has 38 heavy (non-hydrogen) atoms. The Bertz CT molecular complexity index is 1470. The molecule has 4 saturated heterocycles. The number of β-amino-alcohol motifs (C(OH)–C–C–N with tert-alkyl or cyclic N) is 1. The molecule has 194 valence electrons. The van der Waals surface area contributed by atoms with E-state index in [-0.39, 0.29) is 6.10 Å². The second-order valence-electron chi connectivity index (χ2n) is 10.4. The van der Waals surface area contributed by atoms with Crippen LogP contribution in [-0.2, 0) is 6.54 Å². The summed E-state index contributed by atoms with van der Waals surface area (Å²) in [5, 5.41) is 22.1. The van der Waals surface area contributed by atoms with Crippen LogP contribution in [0.15, 0.2) is 55.1 Å². The Balaban J connectivity index is 1.10. The molecule has 10 heteroatoms. The number of hydrogen-bond donors (Lipinski definition) is 2. The van der Waals surface area contributed by atoms with Crippen LogP contribution in [0.25, 0.3) is 16.6 Å². The van der Waals surface area contributed by atoms with Crippen LogP contribution < -0.4 is 14.5 Å². The lowest BCUT2D eigenvalue weighted by molar-refractivity contribution is -0.00876. The first-order valence-electron chi connectivity index (χ1n) is 13.0. The highest BCUT2D eigenvalue weighted by molar-refractivity contribution is 5.96. The Kier molecular flexibility index (Phi) is 5.52. The van der Waals surface area contributed by atoms with Gasteiger partial charge in [-0.1, -0.05) is 6.07 Å². The molecule has 8 heterocycles. The minimum atomic E-state index is -0.288. The molecule has 4 aromatic heterocycles. The number of aliphatic hydroxyl groups excluding tert-OH is 1. The van der Waals surface area contributed by atoms with E-state index in [1.807, 2.05) is 29.2 Å². The summed E-state index contributed by atoms with van der Waals surface area (Å²) in [6, 6.07) is 11.4. The Labute approximate surface area is 220 Å². The fraction of sp³-hybridized carbons (Fsp3) is 0.357. The monoisotopic (exact) mass is 510 g/mol. The number of nitrogens with zero attached hydrogens (tertiary/aromatic N) is 7. The Morgan fingerprint density at radius 2 is 1.87 bits per heavy atom. The smallest absolute Gasteiger partial charge is 0.212 e. The van der Waals surface area contributed by atoms with Crippen molar-refractivity contribution in [3.8, 4) is 17.0 Å². The first kappa shape index (κ1) is 23.1. The minimum absolute atomic E-state index is 0.288. The number of rotatable bonds is 7. The van der Waals surface area contributed by atoms with Crippen molar-refractivity contribution in [1.29, 1.82) is 5.41 Å². The molecule has 8 rings (SSSR count). The van der Waals surface area contributed by atoms with Gasteiger partial charge in [-0.2, -0.15) is 5.10 Å². The molecule has 0 aliphatic carbocycles. The van der Waals surface area contributed by atoms with E-state index in [1.165, 1.54) is 18.2 Å². The molecular formula is C28H30N8O2. The third kappa shape index (κ3) is 3.88. The van der Waals surface area contributed by atoms with Gasteiger partial charge in [0.05, 0.1) is 36.8 Å². The maximum absolute atomic E-state index is 9.79. The van der Waals surface area contributed by atoms with Crippen LogP contribution in [0.4, 0.5) is 11.5 Å². The molecule has 2 unspecified atom stereocenters. The van der Waals surface area contributed by atoms with Crippen LogP contribution in [0.1, 0.15) is 17.5 Å². The van der Waals surface area contributed by atoms with Gasteiger partial charge in [-0.3, -0.25) is 4.90 Å². The van der Waals surface area contributed by atoms with Gasteiger partial charge in [0, 0.05) is 86.2 Å². The van der Waals surface area contributed by atoms with E-state index in [2.05, 4.69) is 49.0 Å². The number of fused-ring (bicyclic) bond motifs is 3. The first-order valence-corrected chi connectivity index (χ1v) is 13.0. The van der Waals surface area contributed by atoms with E-state index < -0.39 is 0 Å². The third-order valence-corrected chi connectivity index (χ3v) is 8.11. The molecule has 4 aliphatic rings. The minimum Gasteiger partial charge on any atom is -0.481 e. The molecule has 10 nitrogen and oxygen atoms in total. The van der Waals surface area contributed by atoms with Crippen LogP contribution in [-0.4, -0.2) is 87.3 Å². The molecular weight excluding hydrogens is 480 g/mol. The number of methoxy groups -OCH3 is 1. The average Bonchev–Trinajstić information content (AvgIpc) is 3.37. The lowest BCUT2D eigenvalue weighted by atomic mass is 9.87. The van der Waals surface area contributed by atoms with Crippen LogP contribution in [0.2, 0.25) is 0 Å². The standard InChI is InChI=1S/C28H30N8O2/c1-38-27-5-2-18(9-31-27)12-35-22-6-23(35)14-34(13-22)26-4-3-19(10-30-26)25-7-21(33-16-24(37)17-33)15-36-28(25)20(8-29)11-32-36/h2-5,7-11,15,22-24,29,37H,6,12-14,16-17H2,1H3. The topological polar surface area (TPSA) is 106 Å². The molecule has 4 aromatic rings. The van der Waals surface area contributed by atoms with Crippen molar-refractivity contribution < 1.29 is 9.84 Å². The highest BCUT2D eigenvalue weighted by Crippen LogP contribution is 2.37. The molecule has 0 amide bonds. The van der Waals surface area contributed by atoms with Crippen LogP contribution in [0.5, 0.6) is 5.88 Å². The fourth-order valence-corrected chi connectivity index (χ4v) is 6.00. The van der Waals surface area contributed by atoms with E-state index in [4.69, 9.17) is 15.1 Å². The summed E-state index contributed by atoms with van der Waals surface area (Å²) in [7, 11) is 1.64. The number of piperidine rings is 1. The van der Waals surface area contributed by atoms with Crippen LogP contribution in [0.3, 0.4) is 0 Å². The lowest BCUT2D eigenvalue weighted by Gasteiger charge is -2.56. The van der Waals surface area contributed by atoms with Gasteiger partial charge >= 0.3 is 0 Å². The van der Waals surface area contributed by atoms with E-state index in [1.54, 1.807) is 13.3 Å². The van der Waals surface area contributed by atoms with Gasteiger partial charge in [0.1, 0.15) is 5.82 Å². The Morgan fingerprint density at radius 3 is 2.53 bits per heavy atom. The molecule has 2 atom stereocenters. The van der Waals surface area contributed by atoms with Crippen molar-refractivity contribution in [1.82, 2.24) is 24.5 Å². The normalized spacial score (nSPS) is 21.3. The number of hydrogen-bond acceptors (Lipinski definition) is 9. The first-order chi connectivity index (χ1) is 18.6. The van der Waals surface area contributed by atoms with E-state index >= 15 is 0 Å². The van der Waals surface area contributed by atoms with E-state index in [0.717, 1.165) is 53.3 Å². The molecule has 0 radical (unpaired) electrons. The number of aliphatic hydroxyl groups is 1. The van der Waals surface area contributed by atoms with E-state index in [0.29, 0.717) is 31.1 Å². The maximum atomic E-state index is 9.79. The number of ether oxygens (including phenoxy) is 1. The summed E-state index contributed by atoms with van der Waals surface area (Å²) in [6.07, 6.45) is 9.80. The molecule has 0 spiro atoms. The Hall–Kier alpha value is -4.02. The van der Waals surface area contributed by atoms with Crippen molar-refractivity contribution in [3.05, 3.63) is 66.2 Å². The predicted molar refractivity (Wildman–Crippen MR) is 145 cm³/mol. The van der Waals surface area contributed by atoms with Crippen molar-refractivity contribution in [3.63, 3.8) is 0 Å². The van der Waals surface area contributed by atoms with Crippen LogP contribution in [0, 0.1) is 5.41 Å². The zero-order chi connectivity index (χ0) is 25.8. The number of aromatic nitrogens is 4. The molecule has 2 N–H and O–H groups in total. The van der Waals surface area contributed by atoms with Gasteiger partial charge in [-0.15, -0.1) is 0 Å². The summed E-state index contributed by atoms with van der Waals surface area (Å²) < 4.78 is 7.01. The SMILES string of the molecule is COc1ccc(CN2C3CC2CN(c2ccc(-c4cc(N5CC(O)C5)cn5ncc(C=N)c45)cn2)C3)cn1. The maximum Gasteiger partial charge on any atom is 0.212 e. The number of nitrogens with one attached hydrogen (secondary N) is 1. The lowest BCUT2D eigenvalue weighted by Crippen LogP contribution is -2.68. The van der Waals surface area contributed by atoms with Crippen molar-refractivity contribution in [2.24, 2.45) is 0 Å². The van der Waals surface area contributed by atoms with Gasteiger partial charge < -0.3 is 25.1 Å². The van der Waals surface area contributed by atoms with E-state index in [9.17, 15) is 5.11 Å². The predicted octanol–water partition coefficient (Wildman–Crippen LogP) is 2.44. The number of piperazine rings is 1. The second kappa shape index (κ2) is 9.07. The number of pyridine rings is 3. The summed E-state index contributed by atoms with van der Waals surface area (Å²) in [4.78, 5) is 16.3. The van der Waals surface area contributed by atoms with Gasteiger partial charge in [-0.05, 0) is 30.2 Å². The van der Waals surface area contributed by atoms with Gasteiger partial charge in [0.2, 0.25) is 5.88 Å². The summed E-state index contributed by atoms with van der Waals surface area (Å²) >= 11 is 0. The van der Waals surface area contributed by atoms with Gasteiger partial charge in [0.25, 0.3) is 0 Å². The highest BCUT2D eigenvalue weighted by Gasteiger charge is 2.44. The summed E-state index contributed by atoms with van der Waals surface area (Å²) in [6.45, 7) is 4.07. The second-order valence-corrected chi connectivity index (χ2v) is 10.4. The quantitative estimate of drug-likeness (QED) is 0.365. The molecule has 0 aromatic carbocycles. The van der Waals surface area contributed by atoms with Crippen molar-refractivity contribution in [2.75, 3.05) is 43.1 Å². The number of anilines is 2. The van der Waals surface area contributed by atoms with Gasteiger partial charge in [0.15, 0.2) is 0 Å². The summed E-state index contributed by atoms with van der Waals surface area (Å²) in [5.74, 6) is 1.64. The largest absolute Gasteiger partial charge is 0.481 e. The highest BCUT2D eigenvalue weighted by atomic mass is 16.5. The Morgan fingerprint density at radius 1 is 1.03 bits per heavy atom. The zero-order valence-electron chi connectivity index (χ0n) is 21.2. The zero-order valence-corrected chi connectivity index (χ0v) is 21.2.